The summed E-state index contributed by atoms with van der Waals surface area (Å²) in [5.41, 5.74) is 0. The minimum atomic E-state index is 0.240. The molecule has 0 N–H and O–H groups in total. The molecule has 0 aliphatic heterocycles. The van der Waals surface area contributed by atoms with E-state index < -0.39 is 0 Å². The number of alkyl halides is 1. The molecule has 0 saturated heterocycles. The second-order valence-electron chi connectivity index (χ2n) is 2.37. The molecule has 0 bridgehead atoms. The van der Waals surface area contributed by atoms with Crippen LogP contribution in [0.2, 0.25) is 0 Å². The third kappa shape index (κ3) is 3.51. The van der Waals surface area contributed by atoms with Crippen molar-refractivity contribution < 1.29 is 21.2 Å². The summed E-state index contributed by atoms with van der Waals surface area (Å²) in [6.45, 7) is 4.33. The normalized spacial score (nSPS) is 10.7. The first kappa shape index (κ1) is 9.45. The van der Waals surface area contributed by atoms with Gasteiger partial charge < -0.3 is 0 Å². The van der Waals surface area contributed by atoms with Gasteiger partial charge in [0.1, 0.15) is 0 Å². The third-order valence-electron chi connectivity index (χ3n) is 1.31. The minimum absolute atomic E-state index is 0.240. The Kier molecular flexibility index (Phi) is 4.37. The second-order valence-corrected chi connectivity index (χ2v) is 6.37. The van der Waals surface area contributed by atoms with Crippen molar-refractivity contribution in [1.29, 1.82) is 0 Å². The Morgan fingerprint density at radius 3 is 3.00 bits per heavy atom. The molecule has 3 heteroatoms. The van der Waals surface area contributed by atoms with Crippen LogP contribution in [-0.2, 0) is 0 Å². The van der Waals surface area contributed by atoms with Crippen molar-refractivity contribution in [2.24, 2.45) is 0 Å². The number of hydrogen-bond acceptors (Lipinski definition) is 2. The van der Waals surface area contributed by atoms with Crippen LogP contribution < -0.4 is 21.2 Å². The van der Waals surface area contributed by atoms with E-state index >= 15 is 0 Å². The molecule has 0 atom stereocenters. The predicted molar refractivity (Wildman–Crippen MR) is 45.3 cm³/mol. The summed E-state index contributed by atoms with van der Waals surface area (Å²) in [6.07, 6.45) is 2.70. The van der Waals surface area contributed by atoms with Crippen molar-refractivity contribution in [1.82, 2.24) is 4.98 Å². The topological polar surface area (TPSA) is 12.9 Å². The molecule has 1 heterocycles. The number of nitrogens with zero attached hydrogens (tertiary/aromatic N) is 1. The van der Waals surface area contributed by atoms with E-state index in [0.717, 1.165) is 0 Å². The quantitative estimate of drug-likeness (QED) is 0.412. The number of rotatable bonds is 4. The van der Waals surface area contributed by atoms with Crippen LogP contribution in [0.1, 0.15) is 24.8 Å². The number of aryl methyl sites for hydroxylation is 1. The van der Waals surface area contributed by atoms with E-state index in [1.165, 1.54) is 26.0 Å². The van der Waals surface area contributed by atoms with Gasteiger partial charge in [0.25, 0.3) is 0 Å². The van der Waals surface area contributed by atoms with Crippen molar-refractivity contribution >= 4 is 11.3 Å². The fourth-order valence-electron chi connectivity index (χ4n) is 0.696. The Labute approximate surface area is 82.5 Å². The Hall–Kier alpha value is 0.360. The summed E-state index contributed by atoms with van der Waals surface area (Å²) in [6, 6.07) is 0. The first-order valence-electron chi connectivity index (χ1n) is 3.84. The van der Waals surface area contributed by atoms with Crippen molar-refractivity contribution in [3.63, 3.8) is 0 Å². The molecule has 0 fully saturated rings. The maximum absolute atomic E-state index is 4.45. The van der Waals surface area contributed by atoms with Crippen LogP contribution >= 0.6 is 11.3 Å². The van der Waals surface area contributed by atoms with Gasteiger partial charge >= 0.3 is 82.7 Å². The molecule has 1 rings (SSSR count). The second kappa shape index (κ2) is 5.09. The summed E-state index contributed by atoms with van der Waals surface area (Å²) in [4.78, 5) is 4.45. The monoisotopic (exact) mass is 282 g/mol. The van der Waals surface area contributed by atoms with E-state index in [2.05, 4.69) is 24.2 Å². The molecule has 64 valence electrons. The third-order valence-corrected chi connectivity index (χ3v) is 5.14. The number of aromatic nitrogens is 1. The van der Waals surface area contributed by atoms with Crippen molar-refractivity contribution in [3.8, 4) is 0 Å². The molecule has 0 saturated carbocycles. The summed E-state index contributed by atoms with van der Waals surface area (Å²) in [5, 5.41) is 3.44. The van der Waals surface area contributed by atoms with Gasteiger partial charge in [0.2, 0.25) is 0 Å². The molecule has 1 nitrogen and oxygen atoms in total. The van der Waals surface area contributed by atoms with Crippen molar-refractivity contribution in [3.05, 3.63) is 14.1 Å². The molecule has 0 aromatic carbocycles. The van der Waals surface area contributed by atoms with E-state index in [1.54, 1.807) is 11.3 Å². The Morgan fingerprint density at radius 2 is 2.45 bits per heavy atom. The van der Waals surface area contributed by atoms with E-state index in [0.29, 0.717) is 0 Å². The van der Waals surface area contributed by atoms with E-state index in [1.807, 2.05) is 0 Å². The molecular weight excluding hydrogens is 269 g/mol. The van der Waals surface area contributed by atoms with Crippen LogP contribution in [0.5, 0.6) is 0 Å². The van der Waals surface area contributed by atoms with Crippen molar-refractivity contribution in [2.45, 2.75) is 26.7 Å². The summed E-state index contributed by atoms with van der Waals surface area (Å²) in [7, 11) is 0. The molecule has 0 aliphatic rings. The van der Waals surface area contributed by atoms with Crippen LogP contribution in [0.15, 0.2) is 5.38 Å². The van der Waals surface area contributed by atoms with Gasteiger partial charge in [0, 0.05) is 0 Å². The molecule has 0 radical (unpaired) electrons. The molecule has 0 amide bonds. The number of unbranched alkanes of at least 4 members (excludes halogenated alkanes) is 1. The average Bonchev–Trinajstić information content (AvgIpc) is 2.37. The summed E-state index contributed by atoms with van der Waals surface area (Å²) < 4.78 is 2.79. The first-order valence-corrected chi connectivity index (χ1v) is 7.32. The van der Waals surface area contributed by atoms with Crippen LogP contribution in [0.4, 0.5) is 0 Å². The number of halogens is 1. The Balaban J connectivity index is 2.27. The molecule has 1 aromatic rings. The van der Waals surface area contributed by atoms with E-state index in [-0.39, 0.29) is 21.2 Å². The van der Waals surface area contributed by atoms with Gasteiger partial charge in [-0.05, 0) is 0 Å². The maximum atomic E-state index is 4.45. The SMILES string of the molecule is CCCC[I-]c1csc(C)n1. The Bertz CT molecular complexity index is 210. The molecule has 0 aliphatic carbocycles. The molecule has 0 unspecified atom stereocenters. The zero-order valence-electron chi connectivity index (χ0n) is 6.93. The van der Waals surface area contributed by atoms with Gasteiger partial charge in [0.05, 0.1) is 0 Å². The van der Waals surface area contributed by atoms with Gasteiger partial charge in [-0.15, -0.1) is 0 Å². The average molecular weight is 282 g/mol. The van der Waals surface area contributed by atoms with Crippen LogP contribution in [0.25, 0.3) is 0 Å². The summed E-state index contributed by atoms with van der Waals surface area (Å²) >= 11 is 2.02. The van der Waals surface area contributed by atoms with Gasteiger partial charge in [-0.2, -0.15) is 0 Å². The number of thiazole rings is 1. The molecular formula is C8H13INS-. The first-order chi connectivity index (χ1) is 5.33. The molecule has 1 aromatic heterocycles. The number of hydrogen-bond donors (Lipinski definition) is 0. The zero-order valence-corrected chi connectivity index (χ0v) is 9.91. The van der Waals surface area contributed by atoms with E-state index in [4.69, 9.17) is 0 Å². The van der Waals surface area contributed by atoms with Gasteiger partial charge in [0.15, 0.2) is 0 Å². The van der Waals surface area contributed by atoms with Gasteiger partial charge in [-0.1, -0.05) is 0 Å². The fraction of sp³-hybridized carbons (Fsp3) is 0.625. The van der Waals surface area contributed by atoms with Crippen LogP contribution in [0.3, 0.4) is 0 Å². The van der Waals surface area contributed by atoms with E-state index in [9.17, 15) is 0 Å². The van der Waals surface area contributed by atoms with Crippen LogP contribution in [0, 0.1) is 10.6 Å². The molecule has 11 heavy (non-hydrogen) atoms. The van der Waals surface area contributed by atoms with Gasteiger partial charge in [-0.3, -0.25) is 0 Å². The van der Waals surface area contributed by atoms with Crippen LogP contribution in [-0.4, -0.2) is 9.41 Å². The zero-order chi connectivity index (χ0) is 8.10. The predicted octanol–water partition coefficient (Wildman–Crippen LogP) is -0.490. The molecule has 0 spiro atoms. The fourth-order valence-corrected chi connectivity index (χ4v) is 4.54. The Morgan fingerprint density at radius 1 is 1.64 bits per heavy atom. The standard InChI is InChI=1S/C8H13INS/c1-3-4-5-9-8-6-11-7(2)10-8/h6H,3-5H2,1-2H3/q-1. The van der Waals surface area contributed by atoms with Gasteiger partial charge in [-0.25, -0.2) is 0 Å². The summed E-state index contributed by atoms with van der Waals surface area (Å²) in [5.74, 6) is 0. The van der Waals surface area contributed by atoms with Crippen molar-refractivity contribution in [2.75, 3.05) is 4.43 Å².